The normalized spacial score (nSPS) is 14.4. The molecule has 0 unspecified atom stereocenters. The third-order valence-electron chi connectivity index (χ3n) is 5.63. The molecule has 0 radical (unpaired) electrons. The van der Waals surface area contributed by atoms with Gasteiger partial charge in [0.05, 0.1) is 11.5 Å². The van der Waals surface area contributed by atoms with Gasteiger partial charge in [0.25, 0.3) is 10.0 Å². The van der Waals surface area contributed by atoms with Gasteiger partial charge in [-0.2, -0.15) is 4.40 Å². The van der Waals surface area contributed by atoms with E-state index in [0.717, 1.165) is 22.5 Å². The highest BCUT2D eigenvalue weighted by Gasteiger charge is 2.38. The van der Waals surface area contributed by atoms with Gasteiger partial charge < -0.3 is 9.80 Å². The second-order valence-electron chi connectivity index (χ2n) is 8.55. The summed E-state index contributed by atoms with van der Waals surface area (Å²) in [6.45, 7) is 4.63. The molecule has 0 aliphatic carbocycles. The molecule has 0 atom stereocenters. The maximum Gasteiger partial charge on any atom is 0.254 e. The Morgan fingerprint density at radius 1 is 0.933 bits per heavy atom. The van der Waals surface area contributed by atoms with Gasteiger partial charge in [-0.25, -0.2) is 8.42 Å². The second kappa shape index (κ2) is 7.93. The van der Waals surface area contributed by atoms with Crippen molar-refractivity contribution >= 4 is 45.6 Å². The maximum atomic E-state index is 12.7. The average molecular weight is 440 g/mol. The summed E-state index contributed by atoms with van der Waals surface area (Å²) in [6, 6.07) is 12.4. The number of rotatable bonds is 5. The van der Waals surface area contributed by atoms with E-state index in [4.69, 9.17) is 6.42 Å². The van der Waals surface area contributed by atoms with Gasteiger partial charge in [-0.05, 0) is 34.6 Å². The second-order valence-corrected chi connectivity index (χ2v) is 14.6. The van der Waals surface area contributed by atoms with Gasteiger partial charge >= 0.3 is 0 Å². The van der Waals surface area contributed by atoms with Crippen LogP contribution in [-0.2, 0) is 10.0 Å². The number of hydrogen-bond acceptors (Lipinski definition) is 4. The van der Waals surface area contributed by atoms with Crippen molar-refractivity contribution in [1.82, 2.24) is 0 Å². The molecule has 0 bridgehead atoms. The minimum absolute atomic E-state index is 0.149. The SMILES string of the molecule is C#CCCS(=O)(=O)N=C1c2ccc(N(C)C)cc2[Si](C)(C)c2cc(N(C)C)ccc21. The van der Waals surface area contributed by atoms with E-state index in [2.05, 4.69) is 45.3 Å². The van der Waals surface area contributed by atoms with Gasteiger partial charge in [0.15, 0.2) is 0 Å². The van der Waals surface area contributed by atoms with Crippen LogP contribution in [0.3, 0.4) is 0 Å². The first-order valence-electron chi connectivity index (χ1n) is 9.88. The first kappa shape index (κ1) is 22.1. The molecule has 0 saturated heterocycles. The van der Waals surface area contributed by atoms with Crippen LogP contribution in [0, 0.1) is 12.3 Å². The van der Waals surface area contributed by atoms with Gasteiger partial charge in [0.1, 0.15) is 8.07 Å². The van der Waals surface area contributed by atoms with E-state index in [1.807, 2.05) is 52.5 Å². The number of nitrogens with zero attached hydrogens (tertiary/aromatic N) is 3. The molecule has 0 amide bonds. The van der Waals surface area contributed by atoms with Gasteiger partial charge in [0.2, 0.25) is 0 Å². The smallest absolute Gasteiger partial charge is 0.254 e. The third-order valence-corrected chi connectivity index (χ3v) is 10.3. The molecule has 7 heteroatoms. The summed E-state index contributed by atoms with van der Waals surface area (Å²) in [7, 11) is 2.27. The monoisotopic (exact) mass is 439 g/mol. The Labute approximate surface area is 181 Å². The Balaban J connectivity index is 2.34. The van der Waals surface area contributed by atoms with Crippen molar-refractivity contribution in [2.75, 3.05) is 43.7 Å². The molecule has 0 aromatic heterocycles. The average Bonchev–Trinajstić information content (AvgIpc) is 2.69. The van der Waals surface area contributed by atoms with E-state index >= 15 is 0 Å². The van der Waals surface area contributed by atoms with E-state index in [1.54, 1.807) is 0 Å². The number of anilines is 2. The molecule has 1 aliphatic rings. The predicted octanol–water partition coefficient (Wildman–Crippen LogP) is 2.15. The van der Waals surface area contributed by atoms with E-state index in [1.165, 1.54) is 10.4 Å². The molecule has 0 fully saturated rings. The molecular formula is C23H29N3O2SSi. The summed E-state index contributed by atoms with van der Waals surface area (Å²) in [5.41, 5.74) is 4.53. The van der Waals surface area contributed by atoms with Crippen LogP contribution in [0.4, 0.5) is 11.4 Å². The van der Waals surface area contributed by atoms with E-state index in [0.29, 0.717) is 5.71 Å². The van der Waals surface area contributed by atoms with Crippen LogP contribution in [0.1, 0.15) is 17.5 Å². The topological polar surface area (TPSA) is 53.0 Å². The quantitative estimate of drug-likeness (QED) is 0.529. The van der Waals surface area contributed by atoms with Gasteiger partial charge in [0, 0.05) is 57.1 Å². The van der Waals surface area contributed by atoms with Crippen LogP contribution in [0.15, 0.2) is 40.8 Å². The number of benzene rings is 2. The van der Waals surface area contributed by atoms with Gasteiger partial charge in [-0.3, -0.25) is 0 Å². The number of fused-ring (bicyclic) bond motifs is 2. The summed E-state index contributed by atoms with van der Waals surface area (Å²) in [6.07, 6.45) is 5.43. The van der Waals surface area contributed by atoms with Crippen molar-refractivity contribution in [1.29, 1.82) is 0 Å². The Bertz CT molecular complexity index is 1100. The molecule has 0 saturated carbocycles. The summed E-state index contributed by atoms with van der Waals surface area (Å²) in [4.78, 5) is 4.13. The summed E-state index contributed by atoms with van der Waals surface area (Å²) >= 11 is 0. The van der Waals surface area contributed by atoms with Crippen molar-refractivity contribution in [3.8, 4) is 12.3 Å². The fourth-order valence-corrected chi connectivity index (χ4v) is 7.83. The largest absolute Gasteiger partial charge is 0.378 e. The summed E-state index contributed by atoms with van der Waals surface area (Å²) in [5, 5.41) is 2.39. The van der Waals surface area contributed by atoms with Crippen LogP contribution >= 0.6 is 0 Å². The fraction of sp³-hybridized carbons (Fsp3) is 0.348. The molecule has 30 heavy (non-hydrogen) atoms. The molecule has 0 N–H and O–H groups in total. The fourth-order valence-electron chi connectivity index (χ4n) is 3.83. The van der Waals surface area contributed by atoms with Crippen molar-refractivity contribution in [3.05, 3.63) is 47.5 Å². The van der Waals surface area contributed by atoms with Crippen LogP contribution in [-0.4, -0.2) is 56.1 Å². The molecule has 158 valence electrons. The molecule has 1 aliphatic heterocycles. The van der Waals surface area contributed by atoms with Gasteiger partial charge in [-0.15, -0.1) is 12.3 Å². The molecule has 5 nitrogen and oxygen atoms in total. The Kier molecular flexibility index (Phi) is 5.85. The van der Waals surface area contributed by atoms with Gasteiger partial charge in [-0.1, -0.05) is 25.2 Å². The van der Waals surface area contributed by atoms with Crippen LogP contribution in [0.5, 0.6) is 0 Å². The van der Waals surface area contributed by atoms with Crippen LogP contribution in [0.2, 0.25) is 13.1 Å². The number of hydrogen-bond donors (Lipinski definition) is 0. The molecular weight excluding hydrogens is 410 g/mol. The van der Waals surface area contributed by atoms with Crippen LogP contribution < -0.4 is 20.2 Å². The Morgan fingerprint density at radius 3 is 1.80 bits per heavy atom. The minimum Gasteiger partial charge on any atom is -0.378 e. The van der Waals surface area contributed by atoms with Crippen molar-refractivity contribution in [2.24, 2.45) is 4.40 Å². The maximum absolute atomic E-state index is 12.7. The first-order chi connectivity index (χ1) is 14.0. The van der Waals surface area contributed by atoms with Crippen molar-refractivity contribution < 1.29 is 8.42 Å². The minimum atomic E-state index is -3.68. The van der Waals surface area contributed by atoms with E-state index in [9.17, 15) is 8.42 Å². The van der Waals surface area contributed by atoms with Crippen molar-refractivity contribution in [2.45, 2.75) is 19.5 Å². The molecule has 3 rings (SSSR count). The number of terminal acetylenes is 1. The molecule has 0 spiro atoms. The predicted molar refractivity (Wildman–Crippen MR) is 131 cm³/mol. The molecule has 1 heterocycles. The highest BCUT2D eigenvalue weighted by molar-refractivity contribution is 7.90. The Morgan fingerprint density at radius 2 is 1.40 bits per heavy atom. The standard InChI is InChI=1S/C23H29N3O2SSi/c1-8-9-14-29(27,28)24-23-19-12-10-17(25(2)3)15-21(19)30(6,7)22-16-18(26(4)5)11-13-20(22)23/h1,10-13,15-16H,9,14H2,2-7H3. The Hall–Kier alpha value is -2.56. The van der Waals surface area contributed by atoms with Crippen molar-refractivity contribution in [3.63, 3.8) is 0 Å². The third kappa shape index (κ3) is 4.02. The van der Waals surface area contributed by atoms with E-state index < -0.39 is 18.1 Å². The zero-order valence-electron chi connectivity index (χ0n) is 18.5. The molecule has 2 aromatic rings. The zero-order chi connectivity index (χ0) is 22.3. The van der Waals surface area contributed by atoms with Crippen LogP contribution in [0.25, 0.3) is 0 Å². The number of sulfonamides is 1. The molecule has 2 aromatic carbocycles. The highest BCUT2D eigenvalue weighted by Crippen LogP contribution is 2.26. The lowest BCUT2D eigenvalue weighted by Gasteiger charge is -2.35. The lowest BCUT2D eigenvalue weighted by atomic mass is 10.0. The van der Waals surface area contributed by atoms with E-state index in [-0.39, 0.29) is 12.2 Å². The lowest BCUT2D eigenvalue weighted by molar-refractivity contribution is 0.598. The zero-order valence-corrected chi connectivity index (χ0v) is 20.3. The summed E-state index contributed by atoms with van der Waals surface area (Å²) in [5.74, 6) is 2.25. The lowest BCUT2D eigenvalue weighted by Crippen LogP contribution is -2.60. The first-order valence-corrected chi connectivity index (χ1v) is 14.5. The summed E-state index contributed by atoms with van der Waals surface area (Å²) < 4.78 is 29.7. The highest BCUT2D eigenvalue weighted by atomic mass is 32.2.